The van der Waals surface area contributed by atoms with Gasteiger partial charge in [-0.05, 0) is 36.7 Å². The Morgan fingerprint density at radius 2 is 2.04 bits per heavy atom. The second-order valence-electron chi connectivity index (χ2n) is 7.97. The van der Waals surface area contributed by atoms with Gasteiger partial charge in [0, 0.05) is 45.8 Å². The number of likely N-dealkylation sites (tertiary alicyclic amines) is 1. The number of hydrogen-bond acceptors (Lipinski definition) is 4. The highest BCUT2D eigenvalue weighted by atomic mass is 16.5. The lowest BCUT2D eigenvalue weighted by atomic mass is 9.62. The molecule has 7 nitrogen and oxygen atoms in total. The first-order valence-electron chi connectivity index (χ1n) is 9.72. The summed E-state index contributed by atoms with van der Waals surface area (Å²) in [5, 5.41) is 4.12. The Hall–Kier alpha value is -1.89. The van der Waals surface area contributed by atoms with Crippen molar-refractivity contribution < 1.29 is 14.3 Å². The minimum atomic E-state index is 0.0679. The van der Waals surface area contributed by atoms with E-state index in [1.807, 2.05) is 9.80 Å². The number of ether oxygens (including phenoxy) is 1. The van der Waals surface area contributed by atoms with E-state index in [0.29, 0.717) is 44.3 Å². The molecule has 2 amide bonds. The summed E-state index contributed by atoms with van der Waals surface area (Å²) in [5.41, 5.74) is 0.879. The van der Waals surface area contributed by atoms with Gasteiger partial charge in [0.2, 0.25) is 5.91 Å². The second kappa shape index (κ2) is 7.02. The van der Waals surface area contributed by atoms with E-state index in [0.717, 1.165) is 19.5 Å². The lowest BCUT2D eigenvalue weighted by molar-refractivity contribution is -0.135. The largest absolute Gasteiger partial charge is 0.378 e. The van der Waals surface area contributed by atoms with Gasteiger partial charge >= 0.3 is 0 Å². The van der Waals surface area contributed by atoms with Crippen molar-refractivity contribution >= 4 is 11.8 Å². The number of amides is 2. The number of carbonyl (C=O) groups excluding carboxylic acids is 2. The Labute approximate surface area is 154 Å². The van der Waals surface area contributed by atoms with Gasteiger partial charge in [-0.15, -0.1) is 0 Å². The smallest absolute Gasteiger partial charge is 0.272 e. The van der Waals surface area contributed by atoms with Crippen LogP contribution in [0.4, 0.5) is 0 Å². The maximum Gasteiger partial charge on any atom is 0.272 e. The van der Waals surface area contributed by atoms with Crippen molar-refractivity contribution in [2.45, 2.75) is 32.1 Å². The Morgan fingerprint density at radius 3 is 2.65 bits per heavy atom. The van der Waals surface area contributed by atoms with Gasteiger partial charge in [0.25, 0.3) is 5.91 Å². The van der Waals surface area contributed by atoms with Gasteiger partial charge in [-0.25, -0.2) is 0 Å². The number of aryl methyl sites for hydroxylation is 1. The van der Waals surface area contributed by atoms with E-state index >= 15 is 0 Å². The number of rotatable bonds is 4. The van der Waals surface area contributed by atoms with Gasteiger partial charge < -0.3 is 14.5 Å². The first-order chi connectivity index (χ1) is 12.6. The molecule has 4 rings (SSSR count). The SMILES string of the molecule is Cn1nccc1C(=O)N1CC(CCC(=O)N2CCOCC2)C2(CCC2)C1. The summed E-state index contributed by atoms with van der Waals surface area (Å²) >= 11 is 0. The lowest BCUT2D eigenvalue weighted by Crippen LogP contribution is -2.42. The van der Waals surface area contributed by atoms with Gasteiger partial charge in [0.15, 0.2) is 0 Å². The van der Waals surface area contributed by atoms with Crippen molar-refractivity contribution in [2.24, 2.45) is 18.4 Å². The number of morpholine rings is 1. The van der Waals surface area contributed by atoms with E-state index in [2.05, 4.69) is 5.10 Å². The van der Waals surface area contributed by atoms with Crippen LogP contribution >= 0.6 is 0 Å². The maximum absolute atomic E-state index is 12.9. The fourth-order valence-corrected chi connectivity index (χ4v) is 4.80. The van der Waals surface area contributed by atoms with Gasteiger partial charge in [-0.2, -0.15) is 5.10 Å². The average molecular weight is 360 g/mol. The molecule has 3 fully saturated rings. The van der Waals surface area contributed by atoms with E-state index in [9.17, 15) is 9.59 Å². The third-order valence-corrected chi connectivity index (χ3v) is 6.56. The first kappa shape index (κ1) is 17.5. The Bertz CT molecular complexity index is 676. The molecule has 1 unspecified atom stereocenters. The predicted molar refractivity (Wildman–Crippen MR) is 95.5 cm³/mol. The summed E-state index contributed by atoms with van der Waals surface area (Å²) in [6, 6.07) is 1.78. The van der Waals surface area contributed by atoms with Gasteiger partial charge in [-0.3, -0.25) is 14.3 Å². The van der Waals surface area contributed by atoms with Crippen molar-refractivity contribution in [2.75, 3.05) is 39.4 Å². The molecule has 1 saturated carbocycles. The molecule has 1 aromatic heterocycles. The molecule has 7 heteroatoms. The van der Waals surface area contributed by atoms with E-state index in [1.54, 1.807) is 24.0 Å². The highest BCUT2D eigenvalue weighted by Gasteiger charge is 2.51. The van der Waals surface area contributed by atoms with Crippen LogP contribution in [0.15, 0.2) is 12.3 Å². The minimum Gasteiger partial charge on any atom is -0.378 e. The Kier molecular flexibility index (Phi) is 4.73. The van der Waals surface area contributed by atoms with Crippen molar-refractivity contribution in [1.29, 1.82) is 0 Å². The predicted octanol–water partition coefficient (Wildman–Crippen LogP) is 1.30. The molecular formula is C19H28N4O3. The van der Waals surface area contributed by atoms with E-state index in [1.165, 1.54) is 19.3 Å². The minimum absolute atomic E-state index is 0.0679. The quantitative estimate of drug-likeness (QED) is 0.812. The van der Waals surface area contributed by atoms with E-state index < -0.39 is 0 Å². The number of carbonyl (C=O) groups is 2. The fourth-order valence-electron chi connectivity index (χ4n) is 4.80. The van der Waals surface area contributed by atoms with Crippen molar-refractivity contribution in [3.05, 3.63) is 18.0 Å². The molecule has 26 heavy (non-hydrogen) atoms. The van der Waals surface area contributed by atoms with Gasteiger partial charge in [-0.1, -0.05) is 6.42 Å². The molecule has 0 N–H and O–H groups in total. The zero-order valence-corrected chi connectivity index (χ0v) is 15.5. The van der Waals surface area contributed by atoms with Crippen LogP contribution in [0, 0.1) is 11.3 Å². The van der Waals surface area contributed by atoms with Crippen molar-refractivity contribution in [3.8, 4) is 0 Å². The number of nitrogens with zero attached hydrogens (tertiary/aromatic N) is 4. The van der Waals surface area contributed by atoms with E-state index in [4.69, 9.17) is 4.74 Å². The zero-order chi connectivity index (χ0) is 18.1. The fraction of sp³-hybridized carbons (Fsp3) is 0.737. The summed E-state index contributed by atoms with van der Waals surface area (Å²) in [6.07, 6.45) is 6.73. The third kappa shape index (κ3) is 3.13. The molecule has 1 aliphatic carbocycles. The molecule has 3 heterocycles. The molecule has 142 valence electrons. The van der Waals surface area contributed by atoms with Crippen LogP contribution < -0.4 is 0 Å². The first-order valence-corrected chi connectivity index (χ1v) is 9.72. The summed E-state index contributed by atoms with van der Waals surface area (Å²) in [6.45, 7) is 4.30. The molecule has 2 saturated heterocycles. The summed E-state index contributed by atoms with van der Waals surface area (Å²) in [7, 11) is 1.81. The second-order valence-corrected chi connectivity index (χ2v) is 7.97. The monoisotopic (exact) mass is 360 g/mol. The van der Waals surface area contributed by atoms with Crippen molar-refractivity contribution in [1.82, 2.24) is 19.6 Å². The Morgan fingerprint density at radius 1 is 1.27 bits per heavy atom. The standard InChI is InChI=1S/C19H28N4O3/c1-21-16(5-8-20-21)18(25)23-13-15(19(14-23)6-2-7-19)3-4-17(24)22-9-11-26-12-10-22/h5,8,15H,2-4,6-7,9-14H2,1H3. The zero-order valence-electron chi connectivity index (χ0n) is 15.5. The molecule has 2 aliphatic heterocycles. The highest BCUT2D eigenvalue weighted by molar-refractivity contribution is 5.92. The van der Waals surface area contributed by atoms with Crippen LogP contribution in [-0.2, 0) is 16.6 Å². The topological polar surface area (TPSA) is 67.7 Å². The molecule has 0 bridgehead atoms. The van der Waals surface area contributed by atoms with Gasteiger partial charge in [0.05, 0.1) is 13.2 Å². The van der Waals surface area contributed by atoms with Crippen LogP contribution in [0.1, 0.15) is 42.6 Å². The molecular weight excluding hydrogens is 332 g/mol. The van der Waals surface area contributed by atoms with Crippen LogP contribution in [-0.4, -0.2) is 70.8 Å². The third-order valence-electron chi connectivity index (χ3n) is 6.56. The number of aromatic nitrogens is 2. The summed E-state index contributed by atoms with van der Waals surface area (Å²) in [4.78, 5) is 29.3. The average Bonchev–Trinajstić information content (AvgIpc) is 3.23. The summed E-state index contributed by atoms with van der Waals surface area (Å²) < 4.78 is 6.97. The molecule has 0 aromatic carbocycles. The maximum atomic E-state index is 12.9. The molecule has 1 spiro atoms. The number of hydrogen-bond donors (Lipinski definition) is 0. The normalized spacial score (nSPS) is 24.7. The summed E-state index contributed by atoms with van der Waals surface area (Å²) in [5.74, 6) is 0.732. The highest BCUT2D eigenvalue weighted by Crippen LogP contribution is 2.53. The Balaban J connectivity index is 1.38. The van der Waals surface area contributed by atoms with E-state index in [-0.39, 0.29) is 17.2 Å². The molecule has 1 atom stereocenters. The molecule has 0 radical (unpaired) electrons. The molecule has 3 aliphatic rings. The van der Waals surface area contributed by atoms with Crippen LogP contribution in [0.25, 0.3) is 0 Å². The van der Waals surface area contributed by atoms with Crippen LogP contribution in [0.3, 0.4) is 0 Å². The van der Waals surface area contributed by atoms with Crippen molar-refractivity contribution in [3.63, 3.8) is 0 Å². The lowest BCUT2D eigenvalue weighted by Gasteiger charge is -2.43. The van der Waals surface area contributed by atoms with Gasteiger partial charge in [0.1, 0.15) is 5.69 Å². The van der Waals surface area contributed by atoms with Crippen LogP contribution in [0.5, 0.6) is 0 Å². The molecule has 1 aromatic rings. The van der Waals surface area contributed by atoms with Crippen LogP contribution in [0.2, 0.25) is 0 Å².